The zero-order valence-electron chi connectivity index (χ0n) is 14.7. The summed E-state index contributed by atoms with van der Waals surface area (Å²) in [7, 11) is 0. The Morgan fingerprint density at radius 3 is 2.65 bits per heavy atom. The number of rotatable bonds is 7. The molecule has 1 atom stereocenters. The van der Waals surface area contributed by atoms with E-state index in [1.807, 2.05) is 61.5 Å². The molecule has 0 fully saturated rings. The van der Waals surface area contributed by atoms with Gasteiger partial charge in [-0.15, -0.1) is 0 Å². The summed E-state index contributed by atoms with van der Waals surface area (Å²) in [4.78, 5) is 16.5. The molecule has 0 bridgehead atoms. The number of anilines is 1. The highest BCUT2D eigenvalue weighted by Gasteiger charge is 2.16. The number of nitrogens with two attached hydrogens (primary N) is 1. The number of amides is 1. The summed E-state index contributed by atoms with van der Waals surface area (Å²) in [5.41, 5.74) is 8.68. The van der Waals surface area contributed by atoms with Gasteiger partial charge in [-0.25, -0.2) is 0 Å². The lowest BCUT2D eigenvalue weighted by Gasteiger charge is -2.10. The molecule has 1 aromatic heterocycles. The molecule has 1 heterocycles. The Labute approximate surface area is 152 Å². The number of carbonyl (C=O) groups excluding carboxylic acids is 1. The second kappa shape index (κ2) is 8.29. The molecule has 0 radical (unpaired) electrons. The van der Waals surface area contributed by atoms with Crippen LogP contribution < -0.4 is 11.1 Å². The second-order valence-corrected chi connectivity index (χ2v) is 6.20. The first kappa shape index (κ1) is 17.7. The molecule has 3 aromatic rings. The van der Waals surface area contributed by atoms with Crippen LogP contribution in [0.5, 0.6) is 0 Å². The molecule has 0 aliphatic rings. The molecule has 3 rings (SSSR count). The molecule has 0 aliphatic carbocycles. The van der Waals surface area contributed by atoms with Crippen molar-refractivity contribution >= 4 is 11.6 Å². The predicted octanol–water partition coefficient (Wildman–Crippen LogP) is 3.05. The highest BCUT2D eigenvalue weighted by molar-refractivity contribution is 5.76. The normalized spacial score (nSPS) is 11.9. The van der Waals surface area contributed by atoms with Gasteiger partial charge in [-0.2, -0.15) is 4.98 Å². The van der Waals surface area contributed by atoms with E-state index in [-0.39, 0.29) is 11.9 Å². The number of nitrogens with one attached hydrogen (secondary N) is 1. The largest absolute Gasteiger partial charge is 0.399 e. The molecule has 0 spiro atoms. The molecular formula is C20H22N4O2. The van der Waals surface area contributed by atoms with Crippen LogP contribution in [0.15, 0.2) is 59.1 Å². The van der Waals surface area contributed by atoms with Gasteiger partial charge in [0.05, 0.1) is 12.5 Å². The maximum Gasteiger partial charge on any atom is 0.231 e. The first-order chi connectivity index (χ1) is 12.6. The molecule has 26 heavy (non-hydrogen) atoms. The zero-order valence-corrected chi connectivity index (χ0v) is 14.7. The Kier molecular flexibility index (Phi) is 5.63. The number of hydrogen-bond donors (Lipinski definition) is 2. The zero-order chi connectivity index (χ0) is 18.4. The van der Waals surface area contributed by atoms with E-state index in [1.54, 1.807) is 0 Å². The monoisotopic (exact) mass is 350 g/mol. The lowest BCUT2D eigenvalue weighted by Crippen LogP contribution is -2.27. The lowest BCUT2D eigenvalue weighted by atomic mass is 10.1. The maximum atomic E-state index is 12.2. The van der Waals surface area contributed by atoms with E-state index in [1.165, 1.54) is 0 Å². The molecule has 6 nitrogen and oxygen atoms in total. The fraction of sp³-hybridized carbons (Fsp3) is 0.250. The number of aryl methyl sites for hydroxylation is 1. The van der Waals surface area contributed by atoms with E-state index < -0.39 is 0 Å². The topological polar surface area (TPSA) is 94.0 Å². The lowest BCUT2D eigenvalue weighted by molar-refractivity contribution is -0.121. The van der Waals surface area contributed by atoms with Crippen molar-refractivity contribution in [1.82, 2.24) is 15.5 Å². The molecule has 134 valence electrons. The molecule has 0 saturated heterocycles. The van der Waals surface area contributed by atoms with E-state index in [0.717, 1.165) is 11.1 Å². The minimum atomic E-state index is -0.316. The van der Waals surface area contributed by atoms with E-state index >= 15 is 0 Å². The Hall–Kier alpha value is -3.15. The molecule has 2 aromatic carbocycles. The fourth-order valence-corrected chi connectivity index (χ4v) is 2.67. The van der Waals surface area contributed by atoms with Gasteiger partial charge in [0, 0.05) is 12.1 Å². The van der Waals surface area contributed by atoms with Crippen molar-refractivity contribution in [3.8, 4) is 0 Å². The van der Waals surface area contributed by atoms with Crippen molar-refractivity contribution in [1.29, 1.82) is 0 Å². The summed E-state index contributed by atoms with van der Waals surface area (Å²) < 4.78 is 5.29. The second-order valence-electron chi connectivity index (χ2n) is 6.20. The van der Waals surface area contributed by atoms with Gasteiger partial charge in [-0.1, -0.05) is 53.7 Å². The van der Waals surface area contributed by atoms with Crippen molar-refractivity contribution in [2.45, 2.75) is 32.2 Å². The molecule has 0 aliphatic heterocycles. The maximum absolute atomic E-state index is 12.2. The van der Waals surface area contributed by atoms with Gasteiger partial charge >= 0.3 is 0 Å². The standard InChI is InChI=1S/C20H22N4O2/c1-14(22-18(25)12-11-16-9-5-6-10-17(16)21)20-23-19(26-24-20)13-15-7-3-2-4-8-15/h2-10,14H,11-13,21H2,1H3,(H,22,25). The Morgan fingerprint density at radius 1 is 1.15 bits per heavy atom. The first-order valence-corrected chi connectivity index (χ1v) is 8.61. The van der Waals surface area contributed by atoms with Crippen molar-refractivity contribution in [3.05, 3.63) is 77.4 Å². The van der Waals surface area contributed by atoms with Gasteiger partial charge in [0.15, 0.2) is 5.82 Å². The summed E-state index contributed by atoms with van der Waals surface area (Å²) in [6, 6.07) is 17.2. The van der Waals surface area contributed by atoms with E-state index in [2.05, 4.69) is 15.5 Å². The fourth-order valence-electron chi connectivity index (χ4n) is 2.67. The highest BCUT2D eigenvalue weighted by atomic mass is 16.5. The van der Waals surface area contributed by atoms with E-state index in [4.69, 9.17) is 10.3 Å². The summed E-state index contributed by atoms with van der Waals surface area (Å²) in [5.74, 6) is 0.933. The van der Waals surface area contributed by atoms with Gasteiger partial charge in [-0.3, -0.25) is 4.79 Å². The molecular weight excluding hydrogens is 328 g/mol. The molecule has 0 saturated carbocycles. The average molecular weight is 350 g/mol. The number of nitrogen functional groups attached to an aromatic ring is 1. The SMILES string of the molecule is CC(NC(=O)CCc1ccccc1N)c1noc(Cc2ccccc2)n1. The quantitative estimate of drug-likeness (QED) is 0.639. The van der Waals surface area contributed by atoms with Gasteiger partial charge in [-0.05, 0) is 30.5 Å². The number of hydrogen-bond acceptors (Lipinski definition) is 5. The van der Waals surface area contributed by atoms with E-state index in [0.29, 0.717) is 36.7 Å². The molecule has 1 amide bonds. The number of nitrogens with zero attached hydrogens (tertiary/aromatic N) is 2. The van der Waals surface area contributed by atoms with Crippen LogP contribution in [0.25, 0.3) is 0 Å². The summed E-state index contributed by atoms with van der Waals surface area (Å²) in [6.07, 6.45) is 1.52. The van der Waals surface area contributed by atoms with Crippen LogP contribution in [0.1, 0.15) is 42.2 Å². The highest BCUT2D eigenvalue weighted by Crippen LogP contribution is 2.14. The molecule has 1 unspecified atom stereocenters. The van der Waals surface area contributed by atoms with Crippen molar-refractivity contribution in [2.75, 3.05) is 5.73 Å². The smallest absolute Gasteiger partial charge is 0.231 e. The van der Waals surface area contributed by atoms with Crippen molar-refractivity contribution < 1.29 is 9.32 Å². The van der Waals surface area contributed by atoms with Gasteiger partial charge in [0.25, 0.3) is 0 Å². The summed E-state index contributed by atoms with van der Waals surface area (Å²) >= 11 is 0. The minimum Gasteiger partial charge on any atom is -0.399 e. The number of para-hydroxylation sites is 1. The van der Waals surface area contributed by atoms with Crippen molar-refractivity contribution in [2.24, 2.45) is 0 Å². The van der Waals surface area contributed by atoms with Crippen LogP contribution in [0.4, 0.5) is 5.69 Å². The Bertz CT molecular complexity index is 861. The third-order valence-electron chi connectivity index (χ3n) is 4.12. The van der Waals surface area contributed by atoms with Crippen LogP contribution in [0.3, 0.4) is 0 Å². The van der Waals surface area contributed by atoms with Crippen LogP contribution >= 0.6 is 0 Å². The van der Waals surface area contributed by atoms with Crippen LogP contribution in [0, 0.1) is 0 Å². The van der Waals surface area contributed by atoms with Gasteiger partial charge < -0.3 is 15.6 Å². The predicted molar refractivity (Wildman–Crippen MR) is 99.3 cm³/mol. The third kappa shape index (κ3) is 4.69. The van der Waals surface area contributed by atoms with Gasteiger partial charge in [0.1, 0.15) is 0 Å². The van der Waals surface area contributed by atoms with Crippen molar-refractivity contribution in [3.63, 3.8) is 0 Å². The van der Waals surface area contributed by atoms with Gasteiger partial charge in [0.2, 0.25) is 11.8 Å². The number of carbonyl (C=O) groups is 1. The summed E-state index contributed by atoms with van der Waals surface area (Å²) in [6.45, 7) is 1.84. The number of benzene rings is 2. The average Bonchev–Trinajstić information content (AvgIpc) is 3.10. The molecule has 3 N–H and O–H groups in total. The summed E-state index contributed by atoms with van der Waals surface area (Å²) in [5, 5.41) is 6.88. The Morgan fingerprint density at radius 2 is 1.88 bits per heavy atom. The third-order valence-corrected chi connectivity index (χ3v) is 4.12. The molecule has 6 heteroatoms. The first-order valence-electron chi connectivity index (χ1n) is 8.61. The minimum absolute atomic E-state index is 0.0739. The number of aromatic nitrogens is 2. The Balaban J connectivity index is 1.52. The van der Waals surface area contributed by atoms with E-state index in [9.17, 15) is 4.79 Å². The van der Waals surface area contributed by atoms with Crippen LogP contribution in [0.2, 0.25) is 0 Å². The van der Waals surface area contributed by atoms with Crippen LogP contribution in [-0.4, -0.2) is 16.0 Å². The van der Waals surface area contributed by atoms with Crippen LogP contribution in [-0.2, 0) is 17.6 Å².